The Kier molecular flexibility index (Phi) is 53.1. The Balaban J connectivity index is 3.50. The Hall–Kier alpha value is -1.92. The lowest BCUT2D eigenvalue weighted by molar-refractivity contribution is -0.143. The highest BCUT2D eigenvalue weighted by atomic mass is 16.5. The Morgan fingerprint density at radius 2 is 0.769 bits per heavy atom. The molecule has 382 valence electrons. The number of unbranched alkanes of at least 4 members (excludes halogenated alkanes) is 36. The lowest BCUT2D eigenvalue weighted by Crippen LogP contribution is -2.45. The summed E-state index contributed by atoms with van der Waals surface area (Å²) >= 11 is 0. The van der Waals surface area contributed by atoms with Crippen molar-refractivity contribution in [2.45, 2.75) is 315 Å². The van der Waals surface area contributed by atoms with E-state index >= 15 is 0 Å². The van der Waals surface area contributed by atoms with E-state index < -0.39 is 12.1 Å². The van der Waals surface area contributed by atoms with Gasteiger partial charge in [-0.1, -0.05) is 237 Å². The minimum absolute atomic E-state index is 0.0302. The van der Waals surface area contributed by atoms with Crippen molar-refractivity contribution in [3.8, 4) is 0 Å². The van der Waals surface area contributed by atoms with Gasteiger partial charge in [-0.25, -0.2) is 0 Å². The first-order valence-corrected chi connectivity index (χ1v) is 28.7. The summed E-state index contributed by atoms with van der Waals surface area (Å²) in [6, 6.07) is -0.562. The monoisotopic (exact) mass is 914 g/mol. The third-order valence-corrected chi connectivity index (χ3v) is 13.2. The van der Waals surface area contributed by atoms with E-state index in [1.807, 2.05) is 0 Å². The van der Waals surface area contributed by atoms with Crippen LogP contribution in [0.3, 0.4) is 0 Å². The molecule has 0 aliphatic carbocycles. The summed E-state index contributed by atoms with van der Waals surface area (Å²) in [4.78, 5) is 24.5. The standard InChI is InChI=1S/C59H111NO5/c1-3-5-7-9-11-13-15-17-19-21-22-24-25-27-31-35-39-43-47-51-57(62)56(55-61)60-58(63)52-48-44-40-36-32-29-30-34-38-42-46-50-54-65-59(64)53-49-45-41-37-33-28-26-23-20-18-16-14-12-10-8-6-4-2/h12,14,18,20,30,34,56-57,61-62H,3-11,13,15-17,19,21-29,31-33,35-55H2,1-2H3,(H,60,63)/b14-12-,20-18-,34-30-. The Labute approximate surface area is 404 Å². The van der Waals surface area contributed by atoms with Crippen LogP contribution in [0.2, 0.25) is 0 Å². The molecule has 1 amide bonds. The number of nitrogens with one attached hydrogen (secondary N) is 1. The summed E-state index contributed by atoms with van der Waals surface area (Å²) in [6.45, 7) is 4.88. The number of ether oxygens (including phenoxy) is 1. The number of aliphatic hydroxyl groups excluding tert-OH is 2. The lowest BCUT2D eigenvalue weighted by atomic mass is 10.0. The van der Waals surface area contributed by atoms with Gasteiger partial charge < -0.3 is 20.3 Å². The summed E-state index contributed by atoms with van der Waals surface area (Å²) < 4.78 is 5.45. The molecule has 0 aliphatic rings. The van der Waals surface area contributed by atoms with Crippen molar-refractivity contribution >= 4 is 11.9 Å². The number of hydrogen-bond donors (Lipinski definition) is 3. The summed E-state index contributed by atoms with van der Waals surface area (Å²) in [7, 11) is 0. The number of allylic oxidation sites excluding steroid dienone is 6. The fourth-order valence-corrected chi connectivity index (χ4v) is 8.72. The predicted octanol–water partition coefficient (Wildman–Crippen LogP) is 17.6. The molecule has 65 heavy (non-hydrogen) atoms. The van der Waals surface area contributed by atoms with Crippen LogP contribution in [-0.4, -0.2) is 47.4 Å². The van der Waals surface area contributed by atoms with E-state index in [0.29, 0.717) is 25.9 Å². The smallest absolute Gasteiger partial charge is 0.305 e. The van der Waals surface area contributed by atoms with Gasteiger partial charge in [0.05, 0.1) is 25.4 Å². The number of esters is 1. The van der Waals surface area contributed by atoms with Crippen LogP contribution in [0.4, 0.5) is 0 Å². The highest BCUT2D eigenvalue weighted by Crippen LogP contribution is 2.17. The summed E-state index contributed by atoms with van der Waals surface area (Å²) in [5, 5.41) is 23.3. The first-order chi connectivity index (χ1) is 32.0. The second-order valence-corrected chi connectivity index (χ2v) is 19.6. The molecule has 2 atom stereocenters. The van der Waals surface area contributed by atoms with Gasteiger partial charge in [0.2, 0.25) is 5.91 Å². The fraction of sp³-hybridized carbons (Fsp3) is 0.864. The molecular formula is C59H111NO5. The van der Waals surface area contributed by atoms with Crippen LogP contribution in [0.1, 0.15) is 303 Å². The van der Waals surface area contributed by atoms with Crippen molar-refractivity contribution in [1.82, 2.24) is 5.32 Å². The minimum Gasteiger partial charge on any atom is -0.466 e. The van der Waals surface area contributed by atoms with Crippen LogP contribution in [0, 0.1) is 0 Å². The van der Waals surface area contributed by atoms with Gasteiger partial charge in [0.1, 0.15) is 0 Å². The van der Waals surface area contributed by atoms with Crippen molar-refractivity contribution in [2.24, 2.45) is 0 Å². The summed E-state index contributed by atoms with van der Waals surface area (Å²) in [6.07, 6.45) is 67.0. The van der Waals surface area contributed by atoms with Crippen molar-refractivity contribution in [3.05, 3.63) is 36.5 Å². The number of aliphatic hydroxyl groups is 2. The van der Waals surface area contributed by atoms with Gasteiger partial charge in [-0.05, 0) is 89.9 Å². The van der Waals surface area contributed by atoms with Gasteiger partial charge in [-0.15, -0.1) is 0 Å². The maximum atomic E-state index is 12.5. The molecule has 0 heterocycles. The molecule has 2 unspecified atom stereocenters. The van der Waals surface area contributed by atoms with E-state index in [2.05, 4.69) is 55.6 Å². The van der Waals surface area contributed by atoms with Gasteiger partial charge in [0, 0.05) is 12.8 Å². The largest absolute Gasteiger partial charge is 0.466 e. The molecule has 0 fully saturated rings. The molecular weight excluding hydrogens is 803 g/mol. The van der Waals surface area contributed by atoms with E-state index in [4.69, 9.17) is 4.74 Å². The Morgan fingerprint density at radius 1 is 0.431 bits per heavy atom. The second-order valence-electron chi connectivity index (χ2n) is 19.6. The topological polar surface area (TPSA) is 95.9 Å². The average molecular weight is 915 g/mol. The van der Waals surface area contributed by atoms with Crippen LogP contribution >= 0.6 is 0 Å². The first-order valence-electron chi connectivity index (χ1n) is 28.7. The first kappa shape index (κ1) is 63.1. The molecule has 0 aromatic heterocycles. The van der Waals surface area contributed by atoms with Crippen LogP contribution in [-0.2, 0) is 14.3 Å². The lowest BCUT2D eigenvalue weighted by Gasteiger charge is -2.22. The average Bonchev–Trinajstić information content (AvgIpc) is 3.31. The van der Waals surface area contributed by atoms with E-state index in [9.17, 15) is 19.8 Å². The highest BCUT2D eigenvalue weighted by molar-refractivity contribution is 5.76. The molecule has 6 nitrogen and oxygen atoms in total. The van der Waals surface area contributed by atoms with E-state index in [1.165, 1.54) is 186 Å². The molecule has 0 radical (unpaired) electrons. The normalized spacial score (nSPS) is 12.9. The van der Waals surface area contributed by atoms with Crippen molar-refractivity contribution < 1.29 is 24.5 Å². The number of carbonyl (C=O) groups excluding carboxylic acids is 2. The quantitative estimate of drug-likeness (QED) is 0.0321. The zero-order valence-corrected chi connectivity index (χ0v) is 43.5. The molecule has 0 spiro atoms. The molecule has 0 bridgehead atoms. The number of amides is 1. The van der Waals surface area contributed by atoms with E-state index in [1.54, 1.807) is 0 Å². The Bertz CT molecular complexity index is 1060. The molecule has 0 aliphatic heterocycles. The van der Waals surface area contributed by atoms with Crippen molar-refractivity contribution in [2.75, 3.05) is 13.2 Å². The molecule has 6 heteroatoms. The van der Waals surface area contributed by atoms with Gasteiger partial charge in [-0.3, -0.25) is 9.59 Å². The van der Waals surface area contributed by atoms with Crippen LogP contribution in [0.5, 0.6) is 0 Å². The molecule has 3 N–H and O–H groups in total. The third-order valence-electron chi connectivity index (χ3n) is 13.2. The second kappa shape index (κ2) is 54.7. The van der Waals surface area contributed by atoms with Crippen LogP contribution in [0.25, 0.3) is 0 Å². The van der Waals surface area contributed by atoms with E-state index in [0.717, 1.165) is 83.5 Å². The van der Waals surface area contributed by atoms with Crippen molar-refractivity contribution in [3.63, 3.8) is 0 Å². The molecule has 0 rings (SSSR count). The predicted molar refractivity (Wildman–Crippen MR) is 283 cm³/mol. The zero-order chi connectivity index (χ0) is 47.2. The molecule has 0 aromatic carbocycles. The maximum absolute atomic E-state index is 12.5. The van der Waals surface area contributed by atoms with Gasteiger partial charge in [0.15, 0.2) is 0 Å². The fourth-order valence-electron chi connectivity index (χ4n) is 8.72. The summed E-state index contributed by atoms with van der Waals surface area (Å²) in [5.41, 5.74) is 0. The molecule has 0 aromatic rings. The zero-order valence-electron chi connectivity index (χ0n) is 43.5. The number of carbonyl (C=O) groups is 2. The van der Waals surface area contributed by atoms with Gasteiger partial charge >= 0.3 is 5.97 Å². The summed E-state index contributed by atoms with van der Waals surface area (Å²) in [5.74, 6) is -0.0899. The third kappa shape index (κ3) is 51.3. The Morgan fingerprint density at radius 3 is 1.22 bits per heavy atom. The van der Waals surface area contributed by atoms with Crippen LogP contribution in [0.15, 0.2) is 36.5 Å². The number of hydrogen-bond acceptors (Lipinski definition) is 5. The van der Waals surface area contributed by atoms with Crippen molar-refractivity contribution in [1.29, 1.82) is 0 Å². The molecule has 0 saturated heterocycles. The minimum atomic E-state index is -0.682. The van der Waals surface area contributed by atoms with E-state index in [-0.39, 0.29) is 18.5 Å². The molecule has 0 saturated carbocycles. The maximum Gasteiger partial charge on any atom is 0.305 e. The van der Waals surface area contributed by atoms with Gasteiger partial charge in [0.25, 0.3) is 0 Å². The highest BCUT2D eigenvalue weighted by Gasteiger charge is 2.20. The SMILES string of the molecule is CCCCC/C=C\C/C=C\CCCCCCCCCC(=O)OCCCCC/C=C\CCCCCCCC(=O)NC(CO)C(O)CCCCCCCCCCCCCCCCCCCCC. The van der Waals surface area contributed by atoms with Crippen LogP contribution < -0.4 is 5.32 Å². The van der Waals surface area contributed by atoms with Gasteiger partial charge in [-0.2, -0.15) is 0 Å². The number of rotatable bonds is 53.